The lowest BCUT2D eigenvalue weighted by Crippen LogP contribution is -2.59. The van der Waals surface area contributed by atoms with Crippen LogP contribution in [0, 0.1) is 5.92 Å². The third-order valence-corrected chi connectivity index (χ3v) is 9.83. The van der Waals surface area contributed by atoms with Crippen molar-refractivity contribution in [3.05, 3.63) is 88.1 Å². The molecule has 13 heteroatoms. The van der Waals surface area contributed by atoms with Crippen LogP contribution >= 0.6 is 11.3 Å². The van der Waals surface area contributed by atoms with Crippen LogP contribution in [-0.2, 0) is 36.8 Å². The molecule has 0 saturated heterocycles. The van der Waals surface area contributed by atoms with E-state index >= 15 is 0 Å². The first-order valence-electron chi connectivity index (χ1n) is 16.7. The Bertz CT molecular complexity index is 1630. The van der Waals surface area contributed by atoms with E-state index in [1.807, 2.05) is 50.4 Å². The van der Waals surface area contributed by atoms with Gasteiger partial charge in [-0.25, -0.2) is 4.98 Å². The van der Waals surface area contributed by atoms with Gasteiger partial charge in [0.05, 0.1) is 33.1 Å². The van der Waals surface area contributed by atoms with E-state index in [-0.39, 0.29) is 30.7 Å². The Morgan fingerprint density at radius 3 is 1.76 bits per heavy atom. The van der Waals surface area contributed by atoms with Crippen LogP contribution in [0.2, 0.25) is 0 Å². The molecule has 0 bridgehead atoms. The number of rotatable bonds is 17. The zero-order chi connectivity index (χ0) is 37.8. The van der Waals surface area contributed by atoms with Gasteiger partial charge in [-0.3, -0.25) is 19.2 Å². The third kappa shape index (κ3) is 10.8. The average molecular weight is 722 g/mol. The van der Waals surface area contributed by atoms with Crippen molar-refractivity contribution < 1.29 is 33.4 Å². The maximum Gasteiger partial charge on any atom is 0.250 e. The first-order chi connectivity index (χ1) is 24.2. The van der Waals surface area contributed by atoms with Crippen LogP contribution in [0.1, 0.15) is 49.9 Å². The highest BCUT2D eigenvalue weighted by atomic mass is 32.1. The van der Waals surface area contributed by atoms with Gasteiger partial charge in [0.15, 0.2) is 0 Å². The molecule has 3 rings (SSSR count). The molecule has 0 radical (unpaired) electrons. The molecule has 51 heavy (non-hydrogen) atoms. The molecule has 0 unspecified atom stereocenters. The van der Waals surface area contributed by atoms with E-state index in [2.05, 4.69) is 10.3 Å². The number of carbonyl (C=O) groups is 4. The number of likely N-dealkylation sites (N-methyl/N-ethyl adjacent to an activating group) is 3. The molecule has 276 valence electrons. The van der Waals surface area contributed by atoms with E-state index in [9.17, 15) is 19.2 Å². The van der Waals surface area contributed by atoms with Crippen molar-refractivity contribution in [1.82, 2.24) is 25.0 Å². The van der Waals surface area contributed by atoms with Crippen LogP contribution in [0.15, 0.2) is 71.9 Å². The van der Waals surface area contributed by atoms with Gasteiger partial charge in [-0.05, 0) is 55.2 Å². The minimum atomic E-state index is -0.964. The normalized spacial score (nSPS) is 13.7. The van der Waals surface area contributed by atoms with Gasteiger partial charge in [-0.2, -0.15) is 0 Å². The maximum absolute atomic E-state index is 14.5. The fraction of sp³-hybridized carbons (Fsp3) is 0.447. The van der Waals surface area contributed by atoms with Gasteiger partial charge in [0.2, 0.25) is 23.6 Å². The first-order valence-corrected chi connectivity index (χ1v) is 17.6. The first kappa shape index (κ1) is 40.5. The van der Waals surface area contributed by atoms with Gasteiger partial charge in [-0.15, -0.1) is 11.3 Å². The summed E-state index contributed by atoms with van der Waals surface area (Å²) in [6.45, 7) is 7.19. The average Bonchev–Trinajstić information content (AvgIpc) is 3.68. The molecule has 1 N–H and O–H groups in total. The van der Waals surface area contributed by atoms with Crippen LogP contribution in [0.25, 0.3) is 0 Å². The molecule has 0 fully saturated rings. The van der Waals surface area contributed by atoms with Crippen molar-refractivity contribution >= 4 is 35.0 Å². The van der Waals surface area contributed by atoms with E-state index in [4.69, 9.17) is 14.2 Å². The van der Waals surface area contributed by atoms with Crippen molar-refractivity contribution in [1.29, 1.82) is 0 Å². The van der Waals surface area contributed by atoms with Crippen LogP contribution < -0.4 is 14.8 Å². The minimum Gasteiger partial charge on any atom is -0.501 e. The van der Waals surface area contributed by atoms with E-state index < -0.39 is 35.8 Å². The molecule has 1 aromatic heterocycles. The molecule has 4 atom stereocenters. The fourth-order valence-electron chi connectivity index (χ4n) is 5.71. The summed E-state index contributed by atoms with van der Waals surface area (Å²) in [5, 5.41) is 5.60. The zero-order valence-electron chi connectivity index (χ0n) is 31.2. The number of aromatic nitrogens is 1. The summed E-state index contributed by atoms with van der Waals surface area (Å²) in [5.74, 6) is -0.257. The lowest BCUT2D eigenvalue weighted by atomic mass is 9.96. The molecule has 4 amide bonds. The van der Waals surface area contributed by atoms with Crippen molar-refractivity contribution in [2.45, 2.75) is 64.7 Å². The number of hydrogen-bond donors (Lipinski definition) is 1. The van der Waals surface area contributed by atoms with Gasteiger partial charge in [-0.1, -0.05) is 38.1 Å². The lowest BCUT2D eigenvalue weighted by molar-refractivity contribution is -0.152. The molecule has 2 aromatic carbocycles. The summed E-state index contributed by atoms with van der Waals surface area (Å²) < 4.78 is 15.8. The number of hydrogen-bond acceptors (Lipinski definition) is 9. The molecule has 0 spiro atoms. The molecule has 0 aliphatic rings. The van der Waals surface area contributed by atoms with Gasteiger partial charge < -0.3 is 34.2 Å². The monoisotopic (exact) mass is 721 g/mol. The number of thiazole rings is 1. The van der Waals surface area contributed by atoms with Crippen molar-refractivity contribution in [2.24, 2.45) is 5.92 Å². The maximum atomic E-state index is 14.5. The van der Waals surface area contributed by atoms with Crippen molar-refractivity contribution in [2.75, 3.05) is 42.5 Å². The number of methoxy groups -OCH3 is 3. The van der Waals surface area contributed by atoms with Crippen molar-refractivity contribution in [3.63, 3.8) is 0 Å². The Balaban J connectivity index is 1.97. The number of ether oxygens (including phenoxy) is 3. The Labute approximate surface area is 305 Å². The third-order valence-electron chi connectivity index (χ3n) is 8.87. The van der Waals surface area contributed by atoms with Gasteiger partial charge in [0.1, 0.15) is 34.6 Å². The zero-order valence-corrected chi connectivity index (χ0v) is 32.0. The van der Waals surface area contributed by atoms with E-state index in [0.717, 1.165) is 16.1 Å². The Morgan fingerprint density at radius 2 is 1.31 bits per heavy atom. The Kier molecular flexibility index (Phi) is 15.0. The lowest BCUT2D eigenvalue weighted by Gasteiger charge is -2.39. The summed E-state index contributed by atoms with van der Waals surface area (Å²) in [6, 6.07) is 11.3. The molecular weight excluding hydrogens is 671 g/mol. The Morgan fingerprint density at radius 1 is 0.784 bits per heavy atom. The number of nitrogens with one attached hydrogen (secondary N) is 1. The quantitative estimate of drug-likeness (QED) is 0.159. The molecule has 0 aliphatic carbocycles. The van der Waals surface area contributed by atoms with E-state index in [1.54, 1.807) is 72.7 Å². The molecule has 0 aliphatic heterocycles. The number of benzene rings is 2. The summed E-state index contributed by atoms with van der Waals surface area (Å²) in [6.07, 6.45) is 3.40. The number of amides is 4. The second-order valence-corrected chi connectivity index (χ2v) is 13.7. The second-order valence-electron chi connectivity index (χ2n) is 12.7. The predicted molar refractivity (Wildman–Crippen MR) is 197 cm³/mol. The van der Waals surface area contributed by atoms with Crippen LogP contribution in [-0.4, -0.2) is 104 Å². The van der Waals surface area contributed by atoms with E-state index in [0.29, 0.717) is 17.3 Å². The summed E-state index contributed by atoms with van der Waals surface area (Å²) in [5.41, 5.74) is 1.62. The second kappa shape index (κ2) is 18.9. The smallest absolute Gasteiger partial charge is 0.250 e. The highest BCUT2D eigenvalue weighted by molar-refractivity contribution is 7.09. The highest BCUT2D eigenvalue weighted by Crippen LogP contribution is 2.23. The predicted octanol–water partition coefficient (Wildman–Crippen LogP) is 4.51. The largest absolute Gasteiger partial charge is 0.501 e. The highest BCUT2D eigenvalue weighted by Gasteiger charge is 2.40. The van der Waals surface area contributed by atoms with Gasteiger partial charge in [0, 0.05) is 51.6 Å². The summed E-state index contributed by atoms with van der Waals surface area (Å²) in [4.78, 5) is 64.8. The standard InChI is InChI=1S/C38H51N5O7S/c1-24(2)34(43(7)37(46)32(41(5)33(44)21-25(3)48-8)23-28-13-17-30(50-10)18-14-28)38(47)42(6)31(22-27-11-15-29(49-9)16-12-27)35(45)40-26(4)36-39-19-20-51-36/h11-21,24,26,31-32,34H,22-23H2,1-10H3,(H,40,45)/b25-21+/t26-,31-,32-,34-/m0/s1. The molecule has 0 saturated carbocycles. The van der Waals surface area contributed by atoms with Crippen LogP contribution in [0.3, 0.4) is 0 Å². The number of carbonyl (C=O) groups excluding carboxylic acids is 4. The fourth-order valence-corrected chi connectivity index (χ4v) is 6.35. The summed E-state index contributed by atoms with van der Waals surface area (Å²) in [7, 11) is 9.31. The molecule has 12 nitrogen and oxygen atoms in total. The van der Waals surface area contributed by atoms with Gasteiger partial charge in [0.25, 0.3) is 0 Å². The van der Waals surface area contributed by atoms with Crippen LogP contribution in [0.4, 0.5) is 0 Å². The molecule has 1 heterocycles. The molecule has 3 aromatic rings. The molecular formula is C38H51N5O7S. The van der Waals surface area contributed by atoms with Gasteiger partial charge >= 0.3 is 0 Å². The number of allylic oxidation sites excluding steroid dienone is 1. The van der Waals surface area contributed by atoms with Crippen LogP contribution in [0.5, 0.6) is 11.5 Å². The Hall–Kier alpha value is -4.91. The van der Waals surface area contributed by atoms with Crippen molar-refractivity contribution in [3.8, 4) is 11.5 Å². The summed E-state index contributed by atoms with van der Waals surface area (Å²) >= 11 is 1.43. The van der Waals surface area contributed by atoms with E-state index in [1.165, 1.54) is 39.2 Å². The topological polar surface area (TPSA) is 131 Å². The number of nitrogens with zero attached hydrogens (tertiary/aromatic N) is 4. The SMILES string of the molecule is CO/C(C)=C/C(=O)N(C)[C@@H](Cc1ccc(OC)cc1)C(=O)N(C)[C@H](C(=O)N(C)[C@@H](Cc1ccc(OC)cc1)C(=O)N[C@@H](C)c1nccs1)C(C)C. The minimum absolute atomic E-state index is 0.182.